The average molecular weight is 323 g/mol. The van der Waals surface area contributed by atoms with E-state index in [-0.39, 0.29) is 5.82 Å². The monoisotopic (exact) mass is 323 g/mol. The van der Waals surface area contributed by atoms with Crippen LogP contribution in [-0.4, -0.2) is 30.3 Å². The number of aliphatic hydroxyl groups is 1. The second-order valence-corrected chi connectivity index (χ2v) is 6.03. The Bertz CT molecular complexity index is 927. The summed E-state index contributed by atoms with van der Waals surface area (Å²) in [5, 5.41) is 14.8. The number of nitrogens with zero attached hydrogens (tertiary/aromatic N) is 4. The smallest absolute Gasteiger partial charge is 0.218 e. The van der Waals surface area contributed by atoms with Crippen LogP contribution in [0, 0.1) is 11.8 Å². The van der Waals surface area contributed by atoms with Crippen LogP contribution in [0.4, 0.5) is 5.82 Å². The molecule has 7 nitrogen and oxygen atoms in total. The van der Waals surface area contributed by atoms with E-state index in [4.69, 9.17) is 10.2 Å². The lowest BCUT2D eigenvalue weighted by molar-refractivity contribution is 0.0610. The van der Waals surface area contributed by atoms with Crippen LogP contribution in [0.25, 0.3) is 17.2 Å². The quantitative estimate of drug-likeness (QED) is 0.664. The number of rotatable bonds is 1. The van der Waals surface area contributed by atoms with Crippen LogP contribution in [0.1, 0.15) is 37.8 Å². The van der Waals surface area contributed by atoms with Crippen LogP contribution in [0.3, 0.4) is 0 Å². The van der Waals surface area contributed by atoms with Gasteiger partial charge in [-0.25, -0.2) is 14.5 Å². The van der Waals surface area contributed by atoms with Crippen molar-refractivity contribution in [3.63, 3.8) is 0 Å². The highest BCUT2D eigenvalue weighted by atomic mass is 16.3. The summed E-state index contributed by atoms with van der Waals surface area (Å²) < 4.78 is 6.84. The van der Waals surface area contributed by atoms with Crippen molar-refractivity contribution in [2.24, 2.45) is 0 Å². The Morgan fingerprint density at radius 3 is 2.83 bits per heavy atom. The number of fused-ring (bicyclic) bond motifs is 1. The van der Waals surface area contributed by atoms with Gasteiger partial charge in [0.25, 0.3) is 0 Å². The molecular weight excluding hydrogens is 306 g/mol. The summed E-state index contributed by atoms with van der Waals surface area (Å²) in [7, 11) is 0. The van der Waals surface area contributed by atoms with Gasteiger partial charge in [-0.2, -0.15) is 0 Å². The Balaban J connectivity index is 1.70. The van der Waals surface area contributed by atoms with Gasteiger partial charge in [0.15, 0.2) is 17.2 Å². The molecule has 7 heteroatoms. The highest BCUT2D eigenvalue weighted by Crippen LogP contribution is 2.27. The van der Waals surface area contributed by atoms with Crippen LogP contribution in [-0.2, 0) is 0 Å². The number of hydrogen-bond donors (Lipinski definition) is 2. The van der Waals surface area contributed by atoms with E-state index in [9.17, 15) is 5.11 Å². The van der Waals surface area contributed by atoms with Gasteiger partial charge < -0.3 is 15.3 Å². The van der Waals surface area contributed by atoms with Crippen molar-refractivity contribution in [3.8, 4) is 23.4 Å². The molecule has 0 radical (unpaired) electrons. The average Bonchev–Trinajstić information content (AvgIpc) is 3.23. The molecule has 3 aromatic heterocycles. The number of aromatic nitrogens is 4. The van der Waals surface area contributed by atoms with E-state index in [1.165, 1.54) is 4.52 Å². The molecule has 0 amide bonds. The molecule has 3 heterocycles. The highest BCUT2D eigenvalue weighted by molar-refractivity contribution is 5.63. The second-order valence-electron chi connectivity index (χ2n) is 6.03. The lowest BCUT2D eigenvalue weighted by atomic mass is 9.85. The maximum absolute atomic E-state index is 10.5. The third kappa shape index (κ3) is 2.72. The minimum absolute atomic E-state index is 0.239. The van der Waals surface area contributed by atoms with E-state index >= 15 is 0 Å². The molecule has 4 rings (SSSR count). The predicted octanol–water partition coefficient (Wildman–Crippen LogP) is 2.01. The van der Waals surface area contributed by atoms with Gasteiger partial charge in [-0.05, 0) is 43.7 Å². The van der Waals surface area contributed by atoms with E-state index in [1.54, 1.807) is 24.6 Å². The largest absolute Gasteiger partial charge is 0.461 e. The lowest BCUT2D eigenvalue weighted by Gasteiger charge is -2.26. The molecular formula is C17H17N5O2. The molecule has 0 spiro atoms. The minimum atomic E-state index is -0.925. The Hall–Kier alpha value is -2.85. The Labute approximate surface area is 138 Å². The van der Waals surface area contributed by atoms with Crippen molar-refractivity contribution in [2.45, 2.75) is 37.7 Å². The predicted molar refractivity (Wildman–Crippen MR) is 87.8 cm³/mol. The maximum atomic E-state index is 10.5. The van der Waals surface area contributed by atoms with Gasteiger partial charge in [0.05, 0.1) is 12.5 Å². The molecule has 1 aliphatic rings. The van der Waals surface area contributed by atoms with Crippen molar-refractivity contribution >= 4 is 11.5 Å². The van der Waals surface area contributed by atoms with E-state index in [2.05, 4.69) is 26.9 Å². The second kappa shape index (κ2) is 5.65. The molecule has 0 aliphatic heterocycles. The zero-order valence-electron chi connectivity index (χ0n) is 13.1. The van der Waals surface area contributed by atoms with Crippen molar-refractivity contribution < 1.29 is 9.52 Å². The zero-order valence-corrected chi connectivity index (χ0v) is 13.1. The first-order valence-electron chi connectivity index (χ1n) is 7.95. The maximum Gasteiger partial charge on any atom is 0.218 e. The molecule has 0 saturated heterocycles. The zero-order chi connectivity index (χ0) is 16.6. The fraction of sp³-hybridized carbons (Fsp3) is 0.353. The summed E-state index contributed by atoms with van der Waals surface area (Å²) in [6.45, 7) is 0. The summed E-state index contributed by atoms with van der Waals surface area (Å²) in [5.41, 5.74) is 5.95. The molecule has 122 valence electrons. The highest BCUT2D eigenvalue weighted by Gasteiger charge is 2.26. The SMILES string of the molecule is Nc1nc(C#CC2(O)CCCCC2)cn2nc(-c3ccco3)nc12. The van der Waals surface area contributed by atoms with Gasteiger partial charge in [0.2, 0.25) is 5.82 Å². The first-order chi connectivity index (χ1) is 11.6. The molecule has 1 saturated carbocycles. The van der Waals surface area contributed by atoms with E-state index in [0.29, 0.717) is 35.8 Å². The minimum Gasteiger partial charge on any atom is -0.461 e. The molecule has 3 aromatic rings. The van der Waals surface area contributed by atoms with Gasteiger partial charge in [0, 0.05) is 0 Å². The van der Waals surface area contributed by atoms with Crippen molar-refractivity contribution in [3.05, 3.63) is 30.3 Å². The van der Waals surface area contributed by atoms with Gasteiger partial charge in [-0.15, -0.1) is 5.10 Å². The molecule has 1 aliphatic carbocycles. The van der Waals surface area contributed by atoms with Crippen LogP contribution < -0.4 is 5.73 Å². The molecule has 24 heavy (non-hydrogen) atoms. The molecule has 1 fully saturated rings. The normalized spacial score (nSPS) is 16.7. The summed E-state index contributed by atoms with van der Waals surface area (Å²) in [6, 6.07) is 3.54. The third-order valence-corrected chi connectivity index (χ3v) is 4.19. The number of nitrogen functional groups attached to an aromatic ring is 1. The van der Waals surface area contributed by atoms with E-state index < -0.39 is 5.60 Å². The first kappa shape index (κ1) is 14.7. The van der Waals surface area contributed by atoms with Crippen molar-refractivity contribution in [1.29, 1.82) is 0 Å². The van der Waals surface area contributed by atoms with E-state index in [1.807, 2.05) is 0 Å². The van der Waals surface area contributed by atoms with Crippen molar-refractivity contribution in [2.75, 3.05) is 5.73 Å². The molecule has 0 aromatic carbocycles. The Morgan fingerprint density at radius 2 is 2.08 bits per heavy atom. The third-order valence-electron chi connectivity index (χ3n) is 4.19. The molecule has 3 N–H and O–H groups in total. The van der Waals surface area contributed by atoms with E-state index in [0.717, 1.165) is 19.3 Å². The summed E-state index contributed by atoms with van der Waals surface area (Å²) in [6.07, 6.45) is 7.75. The standard InChI is InChI=1S/C17H17N5O2/c18-14-16-20-15(13-5-4-10-24-13)21-22(16)11-12(19-14)6-9-17(23)7-2-1-3-8-17/h4-5,10-11,23H,1-3,7-8H2,(H2,18,19). The number of anilines is 1. The number of furan rings is 1. The molecule has 0 atom stereocenters. The van der Waals surface area contributed by atoms with Gasteiger partial charge in [-0.3, -0.25) is 0 Å². The van der Waals surface area contributed by atoms with Gasteiger partial charge in [0.1, 0.15) is 11.3 Å². The fourth-order valence-corrected chi connectivity index (χ4v) is 2.92. The van der Waals surface area contributed by atoms with Crippen molar-refractivity contribution in [1.82, 2.24) is 19.6 Å². The summed E-state index contributed by atoms with van der Waals surface area (Å²) in [5.74, 6) is 7.11. The Morgan fingerprint density at radius 1 is 1.25 bits per heavy atom. The Kier molecular flexibility index (Phi) is 3.47. The summed E-state index contributed by atoms with van der Waals surface area (Å²) in [4.78, 5) is 8.58. The van der Waals surface area contributed by atoms with Crippen LogP contribution in [0.2, 0.25) is 0 Å². The van der Waals surface area contributed by atoms with Crippen LogP contribution in [0.5, 0.6) is 0 Å². The fourth-order valence-electron chi connectivity index (χ4n) is 2.92. The van der Waals surface area contributed by atoms with Gasteiger partial charge in [-0.1, -0.05) is 12.3 Å². The topological polar surface area (TPSA) is 102 Å². The van der Waals surface area contributed by atoms with Gasteiger partial charge >= 0.3 is 0 Å². The summed E-state index contributed by atoms with van der Waals surface area (Å²) >= 11 is 0. The number of nitrogens with two attached hydrogens (primary N) is 1. The number of hydrogen-bond acceptors (Lipinski definition) is 6. The molecule has 0 unspecified atom stereocenters. The van der Waals surface area contributed by atoms with Crippen LogP contribution >= 0.6 is 0 Å². The first-order valence-corrected chi connectivity index (χ1v) is 7.95. The molecule has 0 bridgehead atoms. The van der Waals surface area contributed by atoms with Crippen LogP contribution in [0.15, 0.2) is 29.0 Å². The lowest BCUT2D eigenvalue weighted by Crippen LogP contribution is -2.29.